The van der Waals surface area contributed by atoms with Crippen LogP contribution >= 0.6 is 23.2 Å². The normalized spacial score (nSPS) is 10.3. The molecule has 7 heteroatoms. The molecule has 0 saturated heterocycles. The maximum atomic E-state index is 12.7. The first-order chi connectivity index (χ1) is 12.4. The van der Waals surface area contributed by atoms with E-state index in [1.54, 1.807) is 49.6 Å². The van der Waals surface area contributed by atoms with E-state index < -0.39 is 0 Å². The quantitative estimate of drug-likeness (QED) is 0.752. The Bertz CT molecular complexity index is 779. The number of methoxy groups -OCH3 is 1. The predicted molar refractivity (Wildman–Crippen MR) is 104 cm³/mol. The van der Waals surface area contributed by atoms with Crippen molar-refractivity contribution in [3.8, 4) is 5.75 Å². The van der Waals surface area contributed by atoms with E-state index in [9.17, 15) is 9.59 Å². The number of hydrogen-bond acceptors (Lipinski definition) is 3. The van der Waals surface area contributed by atoms with E-state index in [1.165, 1.54) is 4.90 Å². The molecule has 0 radical (unpaired) electrons. The molecule has 0 aliphatic carbocycles. The highest BCUT2D eigenvalue weighted by atomic mass is 35.5. The van der Waals surface area contributed by atoms with Crippen LogP contribution in [-0.4, -0.2) is 36.9 Å². The van der Waals surface area contributed by atoms with Crippen molar-refractivity contribution in [3.63, 3.8) is 0 Å². The second-order valence-corrected chi connectivity index (χ2v) is 6.47. The molecule has 2 aromatic rings. The van der Waals surface area contributed by atoms with Gasteiger partial charge in [-0.05, 0) is 48.9 Å². The molecule has 0 heterocycles. The van der Waals surface area contributed by atoms with Gasteiger partial charge < -0.3 is 15.0 Å². The molecule has 0 bridgehead atoms. The molecule has 2 rings (SSSR count). The van der Waals surface area contributed by atoms with Gasteiger partial charge in [0, 0.05) is 17.1 Å². The lowest BCUT2D eigenvalue weighted by Gasteiger charge is -2.22. The molecular weight excluding hydrogens is 375 g/mol. The largest absolute Gasteiger partial charge is 0.497 e. The summed E-state index contributed by atoms with van der Waals surface area (Å²) in [4.78, 5) is 26.6. The molecule has 138 valence electrons. The third-order valence-electron chi connectivity index (χ3n) is 3.66. The Hall–Kier alpha value is -2.24. The molecule has 0 fully saturated rings. The third-order valence-corrected chi connectivity index (χ3v) is 4.21. The maximum absolute atomic E-state index is 12.7. The second-order valence-electron chi connectivity index (χ2n) is 5.63. The van der Waals surface area contributed by atoms with Gasteiger partial charge >= 0.3 is 0 Å². The average Bonchev–Trinajstić information content (AvgIpc) is 2.63. The molecule has 2 aromatic carbocycles. The van der Waals surface area contributed by atoms with E-state index in [0.29, 0.717) is 33.6 Å². The molecule has 0 aliphatic rings. The van der Waals surface area contributed by atoms with E-state index in [4.69, 9.17) is 27.9 Å². The minimum absolute atomic E-state index is 0.0718. The van der Waals surface area contributed by atoms with Gasteiger partial charge in [0.2, 0.25) is 5.91 Å². The molecule has 0 unspecified atom stereocenters. The van der Waals surface area contributed by atoms with Crippen LogP contribution in [0.3, 0.4) is 0 Å². The highest BCUT2D eigenvalue weighted by molar-refractivity contribution is 6.36. The number of hydrogen-bond donors (Lipinski definition) is 1. The highest BCUT2D eigenvalue weighted by Crippen LogP contribution is 2.25. The van der Waals surface area contributed by atoms with E-state index >= 15 is 0 Å². The molecule has 1 N–H and O–H groups in total. The number of nitrogens with one attached hydrogen (secondary N) is 1. The number of carbonyl (C=O) groups excluding carboxylic acids is 2. The Balaban J connectivity index is 2.08. The molecule has 0 aliphatic heterocycles. The van der Waals surface area contributed by atoms with Crippen LogP contribution in [-0.2, 0) is 4.79 Å². The smallest absolute Gasteiger partial charge is 0.254 e. The monoisotopic (exact) mass is 394 g/mol. The Labute approximate surface area is 162 Å². The zero-order valence-corrected chi connectivity index (χ0v) is 16.1. The van der Waals surface area contributed by atoms with Crippen molar-refractivity contribution >= 4 is 40.7 Å². The predicted octanol–water partition coefficient (Wildman–Crippen LogP) is 4.49. The Morgan fingerprint density at radius 3 is 2.38 bits per heavy atom. The third kappa shape index (κ3) is 5.38. The fraction of sp³-hybridized carbons (Fsp3) is 0.263. The van der Waals surface area contributed by atoms with Crippen LogP contribution in [0, 0.1) is 0 Å². The summed E-state index contributed by atoms with van der Waals surface area (Å²) in [5.74, 6) is 0.120. The first kappa shape index (κ1) is 20.1. The van der Waals surface area contributed by atoms with E-state index in [1.807, 2.05) is 6.92 Å². The molecule has 0 spiro atoms. The van der Waals surface area contributed by atoms with Gasteiger partial charge in [0.25, 0.3) is 5.91 Å². The fourth-order valence-electron chi connectivity index (χ4n) is 2.39. The Morgan fingerprint density at radius 1 is 1.12 bits per heavy atom. The number of ether oxygens (including phenoxy) is 1. The van der Waals surface area contributed by atoms with Crippen molar-refractivity contribution in [2.45, 2.75) is 13.3 Å². The number of halogens is 2. The van der Waals surface area contributed by atoms with Gasteiger partial charge in [0.05, 0.1) is 17.8 Å². The zero-order chi connectivity index (χ0) is 19.1. The van der Waals surface area contributed by atoms with Gasteiger partial charge in [-0.25, -0.2) is 0 Å². The van der Waals surface area contributed by atoms with Gasteiger partial charge in [-0.15, -0.1) is 0 Å². The first-order valence-corrected chi connectivity index (χ1v) is 8.88. The van der Waals surface area contributed by atoms with Crippen molar-refractivity contribution in [2.24, 2.45) is 0 Å². The van der Waals surface area contributed by atoms with Crippen LogP contribution in [0.5, 0.6) is 5.75 Å². The van der Waals surface area contributed by atoms with Crippen molar-refractivity contribution in [1.82, 2.24) is 4.90 Å². The number of anilines is 1. The van der Waals surface area contributed by atoms with Crippen molar-refractivity contribution < 1.29 is 14.3 Å². The molecule has 5 nitrogen and oxygen atoms in total. The number of amides is 2. The van der Waals surface area contributed by atoms with Crippen LogP contribution < -0.4 is 10.1 Å². The Kier molecular flexibility index (Phi) is 7.30. The summed E-state index contributed by atoms with van der Waals surface area (Å²) in [5.41, 5.74) is 0.950. The van der Waals surface area contributed by atoms with Crippen LogP contribution in [0.4, 0.5) is 5.69 Å². The van der Waals surface area contributed by atoms with E-state index in [0.717, 1.165) is 6.42 Å². The lowest BCUT2D eigenvalue weighted by molar-refractivity contribution is -0.116. The summed E-state index contributed by atoms with van der Waals surface area (Å²) in [5, 5.41) is 3.53. The van der Waals surface area contributed by atoms with Gasteiger partial charge in [0.1, 0.15) is 12.3 Å². The van der Waals surface area contributed by atoms with Crippen molar-refractivity contribution in [3.05, 3.63) is 58.1 Å². The summed E-state index contributed by atoms with van der Waals surface area (Å²) >= 11 is 11.9. The summed E-state index contributed by atoms with van der Waals surface area (Å²) < 4.78 is 5.10. The van der Waals surface area contributed by atoms with Gasteiger partial charge in [0.15, 0.2) is 0 Å². The van der Waals surface area contributed by atoms with E-state index in [2.05, 4.69) is 5.32 Å². The van der Waals surface area contributed by atoms with Gasteiger partial charge in [-0.2, -0.15) is 0 Å². The SMILES string of the molecule is CCCN(CC(=O)Nc1ccc(Cl)cc1Cl)C(=O)c1ccc(OC)cc1. The summed E-state index contributed by atoms with van der Waals surface area (Å²) in [7, 11) is 1.56. The number of rotatable bonds is 7. The Morgan fingerprint density at radius 2 is 1.81 bits per heavy atom. The van der Waals surface area contributed by atoms with Crippen LogP contribution in [0.2, 0.25) is 10.0 Å². The summed E-state index contributed by atoms with van der Waals surface area (Å²) in [6.07, 6.45) is 0.733. The molecular formula is C19H20Cl2N2O3. The maximum Gasteiger partial charge on any atom is 0.254 e. The van der Waals surface area contributed by atoms with Gasteiger partial charge in [-0.3, -0.25) is 9.59 Å². The molecule has 2 amide bonds. The van der Waals surface area contributed by atoms with Gasteiger partial charge in [-0.1, -0.05) is 30.1 Å². The zero-order valence-electron chi connectivity index (χ0n) is 14.6. The second kappa shape index (κ2) is 9.46. The number of nitrogens with zero attached hydrogens (tertiary/aromatic N) is 1. The lowest BCUT2D eigenvalue weighted by Crippen LogP contribution is -2.38. The number of carbonyl (C=O) groups is 2. The molecule has 0 aromatic heterocycles. The number of benzene rings is 2. The summed E-state index contributed by atoms with van der Waals surface area (Å²) in [6, 6.07) is 11.6. The van der Waals surface area contributed by atoms with Crippen molar-refractivity contribution in [1.29, 1.82) is 0 Å². The standard InChI is InChI=1S/C19H20Cl2N2O3/c1-3-10-23(19(25)13-4-7-15(26-2)8-5-13)12-18(24)22-17-9-6-14(20)11-16(17)21/h4-9,11H,3,10,12H2,1-2H3,(H,22,24). The molecule has 26 heavy (non-hydrogen) atoms. The topological polar surface area (TPSA) is 58.6 Å². The van der Waals surface area contributed by atoms with Crippen LogP contribution in [0.15, 0.2) is 42.5 Å². The lowest BCUT2D eigenvalue weighted by atomic mass is 10.2. The average molecular weight is 395 g/mol. The minimum atomic E-state index is -0.329. The fourth-order valence-corrected chi connectivity index (χ4v) is 2.85. The van der Waals surface area contributed by atoms with E-state index in [-0.39, 0.29) is 18.4 Å². The minimum Gasteiger partial charge on any atom is -0.497 e. The van der Waals surface area contributed by atoms with Crippen molar-refractivity contribution in [2.75, 3.05) is 25.5 Å². The van der Waals surface area contributed by atoms with Crippen LogP contribution in [0.1, 0.15) is 23.7 Å². The molecule has 0 atom stereocenters. The summed E-state index contributed by atoms with van der Waals surface area (Å²) in [6.45, 7) is 2.34. The molecule has 0 saturated carbocycles. The first-order valence-electron chi connectivity index (χ1n) is 8.12. The van der Waals surface area contributed by atoms with Crippen LogP contribution in [0.25, 0.3) is 0 Å². The highest BCUT2D eigenvalue weighted by Gasteiger charge is 2.19.